The first-order valence-electron chi connectivity index (χ1n) is 2.44. The van der Waals surface area contributed by atoms with Crippen molar-refractivity contribution < 1.29 is 18.8 Å². The maximum absolute atomic E-state index is 4.51. The Labute approximate surface area is 85.8 Å². The number of ether oxygens (including phenoxy) is 2. The first-order chi connectivity index (χ1) is 4.83. The third-order valence-electron chi connectivity index (χ3n) is 0.372. The lowest BCUT2D eigenvalue weighted by Gasteiger charge is -1.88. The van der Waals surface area contributed by atoms with Crippen LogP contribution in [0.4, 0.5) is 0 Å². The zero-order valence-electron chi connectivity index (χ0n) is 6.20. The molecule has 13 heavy (non-hydrogen) atoms. The van der Waals surface area contributed by atoms with Crippen molar-refractivity contribution in [2.45, 2.75) is 22.3 Å². The Hall–Kier alpha value is -0.0301. The molecule has 0 aliphatic rings. The molecule has 0 aromatic heterocycles. The number of methoxy groups -OCH3 is 2. The molecule has 0 spiro atoms. The van der Waals surface area contributed by atoms with Crippen molar-refractivity contribution >= 4 is 16.1 Å². The average molecular weight is 192 g/mol. The second-order valence-corrected chi connectivity index (χ2v) is 1.15. The van der Waals surface area contributed by atoms with E-state index in [1.54, 1.807) is 0 Å². The van der Waals surface area contributed by atoms with Gasteiger partial charge in [-0.1, -0.05) is 22.3 Å². The third-order valence-corrected chi connectivity index (χ3v) is 0.372. The zero-order valence-corrected chi connectivity index (χ0v) is 6.20. The minimum Gasteiger partial charge on any atom is -0.427 e. The monoisotopic (exact) mass is 192 g/mol. The summed E-state index contributed by atoms with van der Waals surface area (Å²) in [6.07, 6.45) is 0. The minimum atomic E-state index is 0. The standard InChI is InChI=1S/2C2H5BO2.3CH4/c2*1-4-2-5-3;;;/h2*2H2,1H3;3*1H4. The van der Waals surface area contributed by atoms with E-state index in [0.29, 0.717) is 0 Å². The highest BCUT2D eigenvalue weighted by molar-refractivity contribution is 5.98. The van der Waals surface area contributed by atoms with E-state index in [9.17, 15) is 0 Å². The normalized spacial score (nSPS) is 6.31. The van der Waals surface area contributed by atoms with Crippen LogP contribution in [-0.2, 0) is 18.8 Å². The van der Waals surface area contributed by atoms with Crippen molar-refractivity contribution in [1.82, 2.24) is 0 Å². The lowest BCUT2D eigenvalue weighted by molar-refractivity contribution is 0.0577. The molecule has 0 saturated heterocycles. The van der Waals surface area contributed by atoms with Crippen molar-refractivity contribution in [3.8, 4) is 0 Å². The summed E-state index contributed by atoms with van der Waals surface area (Å²) in [6.45, 7) is 0.333. The van der Waals surface area contributed by atoms with Crippen LogP contribution < -0.4 is 0 Å². The Kier molecular flexibility index (Phi) is 91.0. The molecule has 0 atom stereocenters. The van der Waals surface area contributed by atoms with Crippen molar-refractivity contribution in [2.24, 2.45) is 0 Å². The maximum Gasteiger partial charge on any atom is 0.285 e. The smallest absolute Gasteiger partial charge is 0.285 e. The SMILES string of the molecule is C.C.C.[B]OCOC.[B]OCOC. The predicted octanol–water partition coefficient (Wildman–Crippen LogP) is 1.29. The highest BCUT2D eigenvalue weighted by atomic mass is 16.6. The molecular formula is C7H22B2O4. The molecule has 0 rings (SSSR count). The summed E-state index contributed by atoms with van der Waals surface area (Å²) < 4.78 is 16.6. The van der Waals surface area contributed by atoms with Crippen molar-refractivity contribution in [3.63, 3.8) is 0 Å². The molecule has 0 saturated carbocycles. The van der Waals surface area contributed by atoms with Gasteiger partial charge in [0.05, 0.1) is 0 Å². The van der Waals surface area contributed by atoms with Crippen LogP contribution in [-0.4, -0.2) is 43.9 Å². The zero-order chi connectivity index (χ0) is 8.24. The van der Waals surface area contributed by atoms with Crippen LogP contribution in [0.25, 0.3) is 0 Å². The van der Waals surface area contributed by atoms with Gasteiger partial charge in [-0.05, 0) is 0 Å². The third kappa shape index (κ3) is 75.5. The van der Waals surface area contributed by atoms with Crippen LogP contribution >= 0.6 is 0 Å². The number of rotatable bonds is 4. The predicted molar refractivity (Wildman–Crippen MR) is 57.6 cm³/mol. The summed E-state index contributed by atoms with van der Waals surface area (Å²) >= 11 is 0. The molecule has 0 fully saturated rings. The topological polar surface area (TPSA) is 36.9 Å². The van der Waals surface area contributed by atoms with Gasteiger partial charge in [-0.3, -0.25) is 0 Å². The maximum atomic E-state index is 4.51. The van der Waals surface area contributed by atoms with Gasteiger partial charge in [-0.15, -0.1) is 0 Å². The van der Waals surface area contributed by atoms with Gasteiger partial charge in [0.25, 0.3) is 16.1 Å². The van der Waals surface area contributed by atoms with Crippen molar-refractivity contribution in [2.75, 3.05) is 27.8 Å². The second-order valence-electron chi connectivity index (χ2n) is 1.15. The molecule has 0 heterocycles. The molecule has 0 aliphatic carbocycles. The molecule has 0 aromatic carbocycles. The summed E-state index contributed by atoms with van der Waals surface area (Å²) in [5.41, 5.74) is 0. The second kappa shape index (κ2) is 40.4. The van der Waals surface area contributed by atoms with Gasteiger partial charge < -0.3 is 18.8 Å². The molecule has 80 valence electrons. The van der Waals surface area contributed by atoms with Crippen molar-refractivity contribution in [1.29, 1.82) is 0 Å². The summed E-state index contributed by atoms with van der Waals surface area (Å²) in [7, 11) is 12.0. The van der Waals surface area contributed by atoms with Crippen LogP contribution in [0.5, 0.6) is 0 Å². The van der Waals surface area contributed by atoms with Crippen LogP contribution in [0.15, 0.2) is 0 Å². The molecule has 0 amide bonds. The van der Waals surface area contributed by atoms with E-state index >= 15 is 0 Å². The molecule has 0 bridgehead atoms. The summed E-state index contributed by atoms with van der Waals surface area (Å²) in [5.74, 6) is 0. The lowest BCUT2D eigenvalue weighted by atomic mass is 10.6. The molecule has 6 heteroatoms. The quantitative estimate of drug-likeness (QED) is 0.496. The van der Waals surface area contributed by atoms with E-state index in [1.165, 1.54) is 14.2 Å². The fourth-order valence-corrected chi connectivity index (χ4v) is 0.136. The van der Waals surface area contributed by atoms with Crippen LogP contribution in [0.2, 0.25) is 0 Å². The largest absolute Gasteiger partial charge is 0.427 e. The highest BCUT2D eigenvalue weighted by Gasteiger charge is 1.64. The van der Waals surface area contributed by atoms with E-state index in [0.717, 1.165) is 0 Å². The lowest BCUT2D eigenvalue weighted by Crippen LogP contribution is -1.89. The Morgan fingerprint density at radius 3 is 1.00 bits per heavy atom. The first kappa shape index (κ1) is 29.3. The van der Waals surface area contributed by atoms with Gasteiger partial charge in [0.2, 0.25) is 0 Å². The van der Waals surface area contributed by atoms with Crippen LogP contribution in [0.1, 0.15) is 22.3 Å². The van der Waals surface area contributed by atoms with E-state index in [1.807, 2.05) is 0 Å². The van der Waals surface area contributed by atoms with E-state index < -0.39 is 0 Å². The minimum absolute atomic E-state index is 0. The number of hydrogen-bond acceptors (Lipinski definition) is 4. The van der Waals surface area contributed by atoms with Gasteiger partial charge in [0.15, 0.2) is 0 Å². The molecular weight excluding hydrogens is 170 g/mol. The Bertz CT molecular complexity index is 39.5. The highest BCUT2D eigenvalue weighted by Crippen LogP contribution is 1.59. The fraction of sp³-hybridized carbons (Fsp3) is 1.00. The summed E-state index contributed by atoms with van der Waals surface area (Å²) in [5, 5.41) is 0. The molecule has 4 nitrogen and oxygen atoms in total. The molecule has 0 N–H and O–H groups in total. The van der Waals surface area contributed by atoms with Crippen LogP contribution in [0, 0.1) is 0 Å². The summed E-state index contributed by atoms with van der Waals surface area (Å²) in [4.78, 5) is 0. The van der Waals surface area contributed by atoms with Crippen molar-refractivity contribution in [3.05, 3.63) is 0 Å². The average Bonchev–Trinajstić information content (AvgIpc) is 1.93. The Morgan fingerprint density at radius 2 is 1.00 bits per heavy atom. The number of hydrogen-bond donors (Lipinski definition) is 0. The van der Waals surface area contributed by atoms with Crippen LogP contribution in [0.3, 0.4) is 0 Å². The van der Waals surface area contributed by atoms with Gasteiger partial charge in [0, 0.05) is 14.2 Å². The Morgan fingerprint density at radius 1 is 0.769 bits per heavy atom. The Balaban J connectivity index is -0.0000000267. The van der Waals surface area contributed by atoms with E-state index in [4.69, 9.17) is 0 Å². The fourth-order valence-electron chi connectivity index (χ4n) is 0.136. The molecule has 0 aromatic rings. The van der Waals surface area contributed by atoms with Gasteiger partial charge in [-0.2, -0.15) is 0 Å². The molecule has 4 radical (unpaired) electrons. The van der Waals surface area contributed by atoms with Gasteiger partial charge >= 0.3 is 0 Å². The van der Waals surface area contributed by atoms with E-state index in [-0.39, 0.29) is 35.9 Å². The van der Waals surface area contributed by atoms with Gasteiger partial charge in [-0.25, -0.2) is 0 Å². The first-order valence-corrected chi connectivity index (χ1v) is 2.44. The van der Waals surface area contributed by atoms with Gasteiger partial charge in [0.1, 0.15) is 13.6 Å². The van der Waals surface area contributed by atoms with E-state index in [2.05, 4.69) is 34.9 Å². The molecule has 0 aliphatic heterocycles. The summed E-state index contributed by atoms with van der Waals surface area (Å²) in [6, 6.07) is 0. The molecule has 0 unspecified atom stereocenters.